The molecule has 3 amide bonds. The molecule has 2 aliphatic heterocycles. The minimum atomic E-state index is -0.839. The molecule has 7 heteroatoms. The van der Waals surface area contributed by atoms with E-state index in [1.807, 2.05) is 55.5 Å². The molecule has 1 saturated heterocycles. The number of thioether (sulfide) groups is 1. The second-order valence-electron chi connectivity index (χ2n) is 7.29. The predicted octanol–water partition coefficient (Wildman–Crippen LogP) is 3.06. The van der Waals surface area contributed by atoms with E-state index in [0.29, 0.717) is 24.5 Å². The number of likely N-dealkylation sites (tertiary alicyclic amines) is 1. The minimum Gasteiger partial charge on any atom is -0.341 e. The second kappa shape index (κ2) is 8.29. The van der Waals surface area contributed by atoms with E-state index in [-0.39, 0.29) is 24.3 Å². The summed E-state index contributed by atoms with van der Waals surface area (Å²) in [7, 11) is 0. The molecular weight excluding hydrogens is 386 g/mol. The SMILES string of the molecule is Cc1ccccc1NC(=O)CN1C(=O)[C@@H](C(=O)N2CCCC2)Sc2ccccc21. The highest BCUT2D eigenvalue weighted by Crippen LogP contribution is 2.40. The minimum absolute atomic E-state index is 0.130. The molecule has 0 aromatic heterocycles. The maximum atomic E-state index is 13.2. The Morgan fingerprint density at radius 2 is 1.76 bits per heavy atom. The number of aryl methyl sites for hydroxylation is 1. The van der Waals surface area contributed by atoms with Crippen molar-refractivity contribution in [3.63, 3.8) is 0 Å². The summed E-state index contributed by atoms with van der Waals surface area (Å²) in [5.41, 5.74) is 2.34. The van der Waals surface area contributed by atoms with E-state index in [1.54, 1.807) is 4.90 Å². The van der Waals surface area contributed by atoms with E-state index >= 15 is 0 Å². The monoisotopic (exact) mass is 409 g/mol. The molecule has 2 aromatic rings. The summed E-state index contributed by atoms with van der Waals surface area (Å²) in [4.78, 5) is 42.9. The third kappa shape index (κ3) is 4.00. The summed E-state index contributed by atoms with van der Waals surface area (Å²) >= 11 is 1.28. The number of fused-ring (bicyclic) bond motifs is 1. The summed E-state index contributed by atoms with van der Waals surface area (Å²) in [5, 5.41) is 2.03. The lowest BCUT2D eigenvalue weighted by molar-refractivity contribution is -0.134. The van der Waals surface area contributed by atoms with Crippen molar-refractivity contribution in [3.05, 3.63) is 54.1 Å². The zero-order chi connectivity index (χ0) is 20.4. The molecular formula is C22H23N3O3S. The predicted molar refractivity (Wildman–Crippen MR) is 114 cm³/mol. The first-order chi connectivity index (χ1) is 14.0. The Labute approximate surface area is 174 Å². The second-order valence-corrected chi connectivity index (χ2v) is 8.43. The summed E-state index contributed by atoms with van der Waals surface area (Å²) in [6.45, 7) is 3.17. The Kier molecular flexibility index (Phi) is 5.58. The number of carbonyl (C=O) groups is 3. The molecule has 0 unspecified atom stereocenters. The van der Waals surface area contributed by atoms with Crippen molar-refractivity contribution >= 4 is 40.9 Å². The molecule has 150 valence electrons. The lowest BCUT2D eigenvalue weighted by atomic mass is 10.2. The molecule has 1 fully saturated rings. The van der Waals surface area contributed by atoms with Crippen molar-refractivity contribution < 1.29 is 14.4 Å². The quantitative estimate of drug-likeness (QED) is 0.788. The number of rotatable bonds is 4. The van der Waals surface area contributed by atoms with E-state index in [9.17, 15) is 14.4 Å². The topological polar surface area (TPSA) is 69.7 Å². The molecule has 2 aromatic carbocycles. The van der Waals surface area contributed by atoms with Crippen LogP contribution in [0, 0.1) is 6.92 Å². The Hall–Kier alpha value is -2.80. The van der Waals surface area contributed by atoms with Gasteiger partial charge in [0.2, 0.25) is 11.8 Å². The van der Waals surface area contributed by atoms with Crippen LogP contribution in [0.4, 0.5) is 11.4 Å². The van der Waals surface area contributed by atoms with E-state index in [4.69, 9.17) is 0 Å². The number of hydrogen-bond acceptors (Lipinski definition) is 4. The van der Waals surface area contributed by atoms with Gasteiger partial charge >= 0.3 is 0 Å². The zero-order valence-corrected chi connectivity index (χ0v) is 17.1. The Morgan fingerprint density at radius 3 is 2.52 bits per heavy atom. The number of nitrogens with zero attached hydrogens (tertiary/aromatic N) is 2. The molecule has 29 heavy (non-hydrogen) atoms. The molecule has 0 aliphatic carbocycles. The van der Waals surface area contributed by atoms with Crippen molar-refractivity contribution in [2.24, 2.45) is 0 Å². The van der Waals surface area contributed by atoms with Crippen LogP contribution in [-0.2, 0) is 14.4 Å². The Bertz CT molecular complexity index is 956. The van der Waals surface area contributed by atoms with Crippen LogP contribution in [0.25, 0.3) is 0 Å². The van der Waals surface area contributed by atoms with Gasteiger partial charge in [0, 0.05) is 23.7 Å². The average Bonchev–Trinajstić information content (AvgIpc) is 3.26. The highest BCUT2D eigenvalue weighted by atomic mass is 32.2. The first kappa shape index (κ1) is 19.5. The van der Waals surface area contributed by atoms with Gasteiger partial charge in [-0.25, -0.2) is 0 Å². The summed E-state index contributed by atoms with van der Waals surface area (Å²) in [6.07, 6.45) is 1.94. The van der Waals surface area contributed by atoms with Gasteiger partial charge < -0.3 is 15.1 Å². The molecule has 2 heterocycles. The van der Waals surface area contributed by atoms with E-state index < -0.39 is 5.25 Å². The van der Waals surface area contributed by atoms with Gasteiger partial charge in [0.25, 0.3) is 5.91 Å². The smallest absolute Gasteiger partial charge is 0.250 e. The highest BCUT2D eigenvalue weighted by molar-refractivity contribution is 8.01. The summed E-state index contributed by atoms with van der Waals surface area (Å²) in [6, 6.07) is 14.9. The number of amides is 3. The molecule has 0 bridgehead atoms. The van der Waals surface area contributed by atoms with Gasteiger partial charge in [0.15, 0.2) is 5.25 Å². The van der Waals surface area contributed by atoms with E-state index in [1.165, 1.54) is 16.7 Å². The molecule has 0 saturated carbocycles. The number of hydrogen-bond donors (Lipinski definition) is 1. The van der Waals surface area contributed by atoms with Crippen LogP contribution in [0.15, 0.2) is 53.4 Å². The first-order valence-corrected chi connectivity index (χ1v) is 10.6. The van der Waals surface area contributed by atoms with Gasteiger partial charge in [-0.2, -0.15) is 0 Å². The summed E-state index contributed by atoms with van der Waals surface area (Å²) < 4.78 is 0. The maximum Gasteiger partial charge on any atom is 0.250 e. The molecule has 0 radical (unpaired) electrons. The van der Waals surface area contributed by atoms with E-state index in [0.717, 1.165) is 23.3 Å². The van der Waals surface area contributed by atoms with Crippen molar-refractivity contribution in [1.29, 1.82) is 0 Å². The van der Waals surface area contributed by atoms with Gasteiger partial charge in [-0.1, -0.05) is 30.3 Å². The van der Waals surface area contributed by atoms with Crippen LogP contribution < -0.4 is 10.2 Å². The van der Waals surface area contributed by atoms with Crippen molar-refractivity contribution in [2.45, 2.75) is 29.9 Å². The van der Waals surface area contributed by atoms with Crippen molar-refractivity contribution in [2.75, 3.05) is 29.9 Å². The lowest BCUT2D eigenvalue weighted by Gasteiger charge is -2.34. The van der Waals surface area contributed by atoms with Gasteiger partial charge in [-0.3, -0.25) is 14.4 Å². The van der Waals surface area contributed by atoms with Gasteiger partial charge in [0.1, 0.15) is 6.54 Å². The van der Waals surface area contributed by atoms with Crippen LogP contribution in [0.1, 0.15) is 18.4 Å². The Balaban J connectivity index is 1.57. The number of anilines is 2. The molecule has 2 aliphatic rings. The summed E-state index contributed by atoms with van der Waals surface area (Å²) in [5.74, 6) is -0.774. The molecule has 4 rings (SSSR count). The third-order valence-corrected chi connectivity index (χ3v) is 6.49. The number of benzene rings is 2. The molecule has 0 spiro atoms. The zero-order valence-electron chi connectivity index (χ0n) is 16.3. The number of para-hydroxylation sites is 2. The van der Waals surface area contributed by atoms with Crippen molar-refractivity contribution in [3.8, 4) is 0 Å². The number of nitrogens with one attached hydrogen (secondary N) is 1. The first-order valence-electron chi connectivity index (χ1n) is 9.76. The normalized spacial score (nSPS) is 18.5. The van der Waals surface area contributed by atoms with Crippen LogP contribution >= 0.6 is 11.8 Å². The fourth-order valence-corrected chi connectivity index (χ4v) is 4.87. The largest absolute Gasteiger partial charge is 0.341 e. The lowest BCUT2D eigenvalue weighted by Crippen LogP contribution is -2.51. The highest BCUT2D eigenvalue weighted by Gasteiger charge is 2.41. The van der Waals surface area contributed by atoms with Gasteiger partial charge in [-0.15, -0.1) is 11.8 Å². The molecule has 1 atom stereocenters. The fraction of sp³-hybridized carbons (Fsp3) is 0.318. The number of carbonyl (C=O) groups excluding carboxylic acids is 3. The van der Waals surface area contributed by atoms with Crippen molar-refractivity contribution in [1.82, 2.24) is 4.90 Å². The standard InChI is InChI=1S/C22H23N3O3S/c1-15-8-2-3-9-16(15)23-19(26)14-25-17-10-4-5-11-18(17)29-20(22(25)28)21(27)24-12-6-7-13-24/h2-5,8-11,20H,6-7,12-14H2,1H3,(H,23,26)/t20-/m1/s1. The van der Waals surface area contributed by atoms with Crippen LogP contribution in [0.3, 0.4) is 0 Å². The third-order valence-electron chi connectivity index (χ3n) is 5.25. The van der Waals surface area contributed by atoms with E-state index in [2.05, 4.69) is 5.32 Å². The van der Waals surface area contributed by atoms with Crippen LogP contribution in [0.2, 0.25) is 0 Å². The Morgan fingerprint density at radius 1 is 1.07 bits per heavy atom. The van der Waals surface area contributed by atoms with Gasteiger partial charge in [-0.05, 0) is 43.5 Å². The fourth-order valence-electron chi connectivity index (χ4n) is 3.69. The molecule has 1 N–H and O–H groups in total. The van der Waals surface area contributed by atoms with Gasteiger partial charge in [0.05, 0.1) is 5.69 Å². The van der Waals surface area contributed by atoms with Crippen LogP contribution in [0.5, 0.6) is 0 Å². The maximum absolute atomic E-state index is 13.2. The van der Waals surface area contributed by atoms with Crippen LogP contribution in [-0.4, -0.2) is 47.5 Å². The average molecular weight is 410 g/mol. The molecule has 6 nitrogen and oxygen atoms in total.